The Kier molecular flexibility index (Phi) is 5.41. The van der Waals surface area contributed by atoms with Crippen molar-refractivity contribution in [2.45, 2.75) is 39.2 Å². The fraction of sp³-hybridized carbons (Fsp3) is 0.529. The lowest BCUT2D eigenvalue weighted by Crippen LogP contribution is -2.38. The molecule has 5 nitrogen and oxygen atoms in total. The molecule has 1 aromatic carbocycles. The summed E-state index contributed by atoms with van der Waals surface area (Å²) in [5.74, 6) is 0.379. The average Bonchev–Trinajstić information content (AvgIpc) is 2.89. The van der Waals surface area contributed by atoms with Crippen molar-refractivity contribution in [2.24, 2.45) is 5.92 Å². The minimum atomic E-state index is -0.280. The first-order chi connectivity index (χ1) is 10.5. The molecule has 1 aliphatic heterocycles. The normalized spacial score (nSPS) is 19.1. The van der Waals surface area contributed by atoms with Crippen LogP contribution in [0.2, 0.25) is 0 Å². The van der Waals surface area contributed by atoms with Gasteiger partial charge in [0.2, 0.25) is 11.8 Å². The lowest BCUT2D eigenvalue weighted by Gasteiger charge is -2.18. The molecule has 120 valence electrons. The summed E-state index contributed by atoms with van der Waals surface area (Å²) in [6.07, 6.45) is 2.24. The topological polar surface area (TPSA) is 58.6 Å². The third-order valence-corrected chi connectivity index (χ3v) is 3.97. The smallest absolute Gasteiger partial charge is 0.227 e. The van der Waals surface area contributed by atoms with Crippen LogP contribution in [0, 0.1) is 5.92 Å². The Balaban J connectivity index is 2.02. The van der Waals surface area contributed by atoms with E-state index in [1.165, 1.54) is 0 Å². The van der Waals surface area contributed by atoms with Gasteiger partial charge < -0.3 is 15.0 Å². The molecular weight excluding hydrogens is 280 g/mol. The summed E-state index contributed by atoms with van der Waals surface area (Å²) in [7, 11) is 1.59. The zero-order valence-corrected chi connectivity index (χ0v) is 13.5. The number of benzene rings is 1. The highest BCUT2D eigenvalue weighted by molar-refractivity contribution is 6.00. The van der Waals surface area contributed by atoms with Crippen LogP contribution in [0.5, 0.6) is 5.75 Å². The summed E-state index contributed by atoms with van der Waals surface area (Å²) in [4.78, 5) is 26.1. The van der Waals surface area contributed by atoms with Gasteiger partial charge in [-0.3, -0.25) is 9.59 Å². The molecule has 1 aliphatic rings. The molecule has 2 amide bonds. The van der Waals surface area contributed by atoms with Gasteiger partial charge >= 0.3 is 0 Å². The first-order valence-electron chi connectivity index (χ1n) is 7.80. The van der Waals surface area contributed by atoms with E-state index in [0.717, 1.165) is 18.5 Å². The lowest BCUT2D eigenvalue weighted by atomic mass is 10.1. The standard InChI is InChI=1S/C17H24N2O3/c1-4-6-12(2)18-17(21)13-9-16(20)19(11-13)14-7-5-8-15(10-14)22-3/h5,7-8,10,12-13H,4,6,9,11H2,1-3H3,(H,18,21)/t12-,13-/m1/s1. The lowest BCUT2D eigenvalue weighted by molar-refractivity contribution is -0.126. The van der Waals surface area contributed by atoms with Gasteiger partial charge in [-0.25, -0.2) is 0 Å². The van der Waals surface area contributed by atoms with Crippen LogP contribution < -0.4 is 15.0 Å². The van der Waals surface area contributed by atoms with Gasteiger partial charge in [-0.05, 0) is 25.5 Å². The highest BCUT2D eigenvalue weighted by Gasteiger charge is 2.35. The zero-order valence-electron chi connectivity index (χ0n) is 13.5. The van der Waals surface area contributed by atoms with Crippen molar-refractivity contribution in [1.82, 2.24) is 5.32 Å². The van der Waals surface area contributed by atoms with E-state index in [9.17, 15) is 9.59 Å². The molecule has 0 radical (unpaired) electrons. The monoisotopic (exact) mass is 304 g/mol. The maximum atomic E-state index is 12.3. The van der Waals surface area contributed by atoms with Crippen molar-refractivity contribution in [1.29, 1.82) is 0 Å². The molecule has 0 aromatic heterocycles. The van der Waals surface area contributed by atoms with E-state index < -0.39 is 0 Å². The van der Waals surface area contributed by atoms with Gasteiger partial charge in [-0.1, -0.05) is 19.4 Å². The van der Waals surface area contributed by atoms with Crippen molar-refractivity contribution in [2.75, 3.05) is 18.6 Å². The first-order valence-corrected chi connectivity index (χ1v) is 7.80. The Labute approximate surface area is 131 Å². The van der Waals surface area contributed by atoms with Gasteiger partial charge in [-0.15, -0.1) is 0 Å². The number of hydrogen-bond acceptors (Lipinski definition) is 3. The Morgan fingerprint density at radius 3 is 2.95 bits per heavy atom. The largest absolute Gasteiger partial charge is 0.497 e. The maximum absolute atomic E-state index is 12.3. The second kappa shape index (κ2) is 7.29. The maximum Gasteiger partial charge on any atom is 0.227 e. The molecule has 1 N–H and O–H groups in total. The molecule has 0 spiro atoms. The van der Waals surface area contributed by atoms with Gasteiger partial charge in [0, 0.05) is 30.8 Å². The van der Waals surface area contributed by atoms with E-state index >= 15 is 0 Å². The van der Waals surface area contributed by atoms with E-state index in [0.29, 0.717) is 12.3 Å². The third kappa shape index (κ3) is 3.78. The van der Waals surface area contributed by atoms with Crippen LogP contribution in [0.4, 0.5) is 5.69 Å². The molecule has 1 fully saturated rings. The molecule has 5 heteroatoms. The van der Waals surface area contributed by atoms with Crippen LogP contribution in [0.3, 0.4) is 0 Å². The molecule has 0 bridgehead atoms. The van der Waals surface area contributed by atoms with Gasteiger partial charge in [-0.2, -0.15) is 0 Å². The number of carbonyl (C=O) groups is 2. The molecule has 0 aliphatic carbocycles. The molecule has 22 heavy (non-hydrogen) atoms. The van der Waals surface area contributed by atoms with Crippen molar-refractivity contribution < 1.29 is 14.3 Å². The van der Waals surface area contributed by atoms with Crippen molar-refractivity contribution in [3.8, 4) is 5.75 Å². The van der Waals surface area contributed by atoms with Crippen LogP contribution >= 0.6 is 0 Å². The minimum Gasteiger partial charge on any atom is -0.497 e. The number of amides is 2. The summed E-state index contributed by atoms with van der Waals surface area (Å²) < 4.78 is 5.19. The van der Waals surface area contributed by atoms with Gasteiger partial charge in [0.1, 0.15) is 5.75 Å². The number of anilines is 1. The number of hydrogen-bond donors (Lipinski definition) is 1. The van der Waals surface area contributed by atoms with Gasteiger partial charge in [0.05, 0.1) is 13.0 Å². The third-order valence-electron chi connectivity index (χ3n) is 3.97. The van der Waals surface area contributed by atoms with Crippen LogP contribution in [-0.4, -0.2) is 31.5 Å². The predicted octanol–water partition coefficient (Wildman–Crippen LogP) is 2.35. The molecule has 1 saturated heterocycles. The summed E-state index contributed by atoms with van der Waals surface area (Å²) in [5, 5.41) is 3.00. The number of carbonyl (C=O) groups excluding carboxylic acids is 2. The molecule has 0 unspecified atom stereocenters. The number of rotatable bonds is 6. The van der Waals surface area contributed by atoms with Crippen LogP contribution in [-0.2, 0) is 9.59 Å². The number of methoxy groups -OCH3 is 1. The summed E-state index contributed by atoms with van der Waals surface area (Å²) in [6.45, 7) is 4.51. The van der Waals surface area contributed by atoms with E-state index in [1.54, 1.807) is 12.0 Å². The van der Waals surface area contributed by atoms with Gasteiger partial charge in [0.25, 0.3) is 0 Å². The summed E-state index contributed by atoms with van der Waals surface area (Å²) in [6, 6.07) is 7.51. The predicted molar refractivity (Wildman–Crippen MR) is 86.0 cm³/mol. The Bertz CT molecular complexity index is 544. The highest BCUT2D eigenvalue weighted by atomic mass is 16.5. The van der Waals surface area contributed by atoms with Gasteiger partial charge in [0.15, 0.2) is 0 Å². The summed E-state index contributed by atoms with van der Waals surface area (Å²) in [5.41, 5.74) is 0.779. The van der Waals surface area contributed by atoms with E-state index in [2.05, 4.69) is 12.2 Å². The minimum absolute atomic E-state index is 0.0171. The SMILES string of the molecule is CCC[C@@H](C)NC(=O)[C@@H]1CC(=O)N(c2cccc(OC)c2)C1. The molecule has 1 aromatic rings. The van der Waals surface area contributed by atoms with Crippen molar-refractivity contribution in [3.05, 3.63) is 24.3 Å². The number of ether oxygens (including phenoxy) is 1. The Hall–Kier alpha value is -2.04. The Morgan fingerprint density at radius 1 is 1.50 bits per heavy atom. The van der Waals surface area contributed by atoms with Crippen LogP contribution in [0.25, 0.3) is 0 Å². The molecule has 2 atom stereocenters. The second-order valence-corrected chi connectivity index (χ2v) is 5.81. The fourth-order valence-electron chi connectivity index (χ4n) is 2.78. The molecule has 1 heterocycles. The Morgan fingerprint density at radius 2 is 2.27 bits per heavy atom. The van der Waals surface area contributed by atoms with E-state index in [-0.39, 0.29) is 30.2 Å². The summed E-state index contributed by atoms with van der Waals surface area (Å²) >= 11 is 0. The quantitative estimate of drug-likeness (QED) is 0.877. The average molecular weight is 304 g/mol. The van der Waals surface area contributed by atoms with Crippen LogP contribution in [0.1, 0.15) is 33.1 Å². The van der Waals surface area contributed by atoms with Crippen molar-refractivity contribution in [3.63, 3.8) is 0 Å². The fourth-order valence-corrected chi connectivity index (χ4v) is 2.78. The zero-order chi connectivity index (χ0) is 16.1. The van der Waals surface area contributed by atoms with Crippen molar-refractivity contribution >= 4 is 17.5 Å². The first kappa shape index (κ1) is 16.3. The van der Waals surface area contributed by atoms with Crippen LogP contribution in [0.15, 0.2) is 24.3 Å². The highest BCUT2D eigenvalue weighted by Crippen LogP contribution is 2.28. The number of nitrogens with zero attached hydrogens (tertiary/aromatic N) is 1. The molecular formula is C17H24N2O3. The molecule has 0 saturated carbocycles. The van der Waals surface area contributed by atoms with E-state index in [1.807, 2.05) is 31.2 Å². The van der Waals surface area contributed by atoms with E-state index in [4.69, 9.17) is 4.74 Å². The number of nitrogens with one attached hydrogen (secondary N) is 1. The molecule has 2 rings (SSSR count). The second-order valence-electron chi connectivity index (χ2n) is 5.81.